The molecule has 0 bridgehead atoms. The molecule has 5 rings (SSSR count). The Labute approximate surface area is 179 Å². The second-order valence-corrected chi connectivity index (χ2v) is 8.35. The molecule has 1 aliphatic heterocycles. The molecule has 6 nitrogen and oxygen atoms in total. The van der Waals surface area contributed by atoms with Gasteiger partial charge in [0.1, 0.15) is 24.5 Å². The van der Waals surface area contributed by atoms with Crippen molar-refractivity contribution < 1.29 is 9.59 Å². The maximum absolute atomic E-state index is 13.8. The molecule has 4 atom stereocenters. The Balaban J connectivity index is 1.57. The summed E-state index contributed by atoms with van der Waals surface area (Å²) in [4.78, 5) is 31.2. The Morgan fingerprint density at radius 1 is 1.10 bits per heavy atom. The van der Waals surface area contributed by atoms with Crippen molar-refractivity contribution in [1.29, 1.82) is 0 Å². The summed E-state index contributed by atoms with van der Waals surface area (Å²) < 4.78 is 1.59. The lowest BCUT2D eigenvalue weighted by atomic mass is 9.69. The van der Waals surface area contributed by atoms with Crippen molar-refractivity contribution in [2.75, 3.05) is 6.54 Å². The molecule has 1 fully saturated rings. The largest absolute Gasteiger partial charge is 0.309 e. The molecule has 152 valence electrons. The molecule has 2 aliphatic rings. The van der Waals surface area contributed by atoms with E-state index in [-0.39, 0.29) is 29.9 Å². The second kappa shape index (κ2) is 7.78. The van der Waals surface area contributed by atoms with Gasteiger partial charge < -0.3 is 5.32 Å². The maximum Gasteiger partial charge on any atom is 0.170 e. The molecular formula is C23H21ClN4O2. The van der Waals surface area contributed by atoms with E-state index >= 15 is 0 Å². The third-order valence-corrected chi connectivity index (χ3v) is 6.46. The quantitative estimate of drug-likeness (QED) is 0.658. The van der Waals surface area contributed by atoms with E-state index in [0.29, 0.717) is 5.02 Å². The van der Waals surface area contributed by atoms with Gasteiger partial charge in [0.25, 0.3) is 0 Å². The number of halogens is 1. The van der Waals surface area contributed by atoms with E-state index in [4.69, 9.17) is 11.6 Å². The highest BCUT2D eigenvalue weighted by atomic mass is 35.5. The molecule has 2 aromatic carbocycles. The van der Waals surface area contributed by atoms with Crippen molar-refractivity contribution in [3.05, 3.63) is 82.9 Å². The third kappa shape index (κ3) is 3.26. The van der Waals surface area contributed by atoms with Gasteiger partial charge in [-0.1, -0.05) is 48.0 Å². The molecule has 0 unspecified atom stereocenters. The lowest BCUT2D eigenvalue weighted by molar-refractivity contribution is -0.141. The van der Waals surface area contributed by atoms with Gasteiger partial charge in [0.15, 0.2) is 5.78 Å². The van der Waals surface area contributed by atoms with Gasteiger partial charge in [-0.15, -0.1) is 0 Å². The molecule has 2 heterocycles. The Morgan fingerprint density at radius 2 is 1.97 bits per heavy atom. The Morgan fingerprint density at radius 3 is 2.77 bits per heavy atom. The second-order valence-electron chi connectivity index (χ2n) is 7.91. The number of hydrogen-bond acceptors (Lipinski definition) is 5. The van der Waals surface area contributed by atoms with E-state index in [1.165, 1.54) is 11.9 Å². The first-order chi connectivity index (χ1) is 14.6. The van der Waals surface area contributed by atoms with Crippen LogP contribution in [0.25, 0.3) is 0 Å². The van der Waals surface area contributed by atoms with Crippen LogP contribution in [-0.2, 0) is 16.0 Å². The van der Waals surface area contributed by atoms with Gasteiger partial charge in [0, 0.05) is 23.4 Å². The Hall–Kier alpha value is -2.83. The summed E-state index contributed by atoms with van der Waals surface area (Å²) in [5.74, 6) is -1.26. The monoisotopic (exact) mass is 420 g/mol. The molecule has 1 aromatic heterocycles. The number of carbonyl (C=O) groups is 2. The van der Waals surface area contributed by atoms with E-state index in [1.807, 2.05) is 36.4 Å². The average Bonchev–Trinajstić information content (AvgIpc) is 3.28. The van der Waals surface area contributed by atoms with Crippen molar-refractivity contribution in [2.24, 2.45) is 5.92 Å². The van der Waals surface area contributed by atoms with Gasteiger partial charge >= 0.3 is 0 Å². The van der Waals surface area contributed by atoms with Crippen molar-refractivity contribution >= 4 is 23.2 Å². The number of nitrogens with one attached hydrogen (secondary N) is 1. The van der Waals surface area contributed by atoms with Crippen LogP contribution in [0.2, 0.25) is 5.02 Å². The highest BCUT2D eigenvalue weighted by Gasteiger charge is 2.49. The van der Waals surface area contributed by atoms with Crippen molar-refractivity contribution in [3.63, 3.8) is 0 Å². The summed E-state index contributed by atoms with van der Waals surface area (Å²) in [6.45, 7) is 0.741. The molecule has 0 amide bonds. The first kappa shape index (κ1) is 19.2. The predicted molar refractivity (Wildman–Crippen MR) is 112 cm³/mol. The highest BCUT2D eigenvalue weighted by Crippen LogP contribution is 2.44. The standard InChI is InChI=1S/C23H21ClN4O2/c24-16-6-3-5-15(10-16)18-11-19(29)20(23(30)22(18)28-13-25-12-27-28)21-17-7-2-1-4-14(17)8-9-26-21/h1-7,10,12-13,18,20-22,26H,8-9,11H2/t18-,20-,21+,22+/m0/s1. The molecule has 1 N–H and O–H groups in total. The molecule has 0 spiro atoms. The van der Waals surface area contributed by atoms with Crippen LogP contribution in [0, 0.1) is 5.92 Å². The van der Waals surface area contributed by atoms with Gasteiger partial charge in [-0.2, -0.15) is 5.10 Å². The fourth-order valence-corrected chi connectivity index (χ4v) is 5.09. The van der Waals surface area contributed by atoms with Gasteiger partial charge in [-0.25, -0.2) is 9.67 Å². The lowest BCUT2D eigenvalue weighted by Gasteiger charge is -2.39. The van der Waals surface area contributed by atoms with Crippen molar-refractivity contribution in [3.8, 4) is 0 Å². The van der Waals surface area contributed by atoms with Gasteiger partial charge in [-0.05, 0) is 41.8 Å². The number of carbonyl (C=O) groups excluding carboxylic acids is 2. The molecule has 1 aliphatic carbocycles. The summed E-state index contributed by atoms with van der Waals surface area (Å²) in [5.41, 5.74) is 3.09. The number of nitrogens with zero attached hydrogens (tertiary/aromatic N) is 3. The average molecular weight is 421 g/mol. The maximum atomic E-state index is 13.8. The van der Waals surface area contributed by atoms with Crippen LogP contribution in [0.3, 0.4) is 0 Å². The summed E-state index contributed by atoms with van der Waals surface area (Å²) in [5, 5.41) is 8.26. The van der Waals surface area contributed by atoms with Gasteiger partial charge in [0.2, 0.25) is 0 Å². The fraction of sp³-hybridized carbons (Fsp3) is 0.304. The van der Waals surface area contributed by atoms with Crippen LogP contribution in [0.1, 0.15) is 41.1 Å². The van der Waals surface area contributed by atoms with E-state index < -0.39 is 12.0 Å². The summed E-state index contributed by atoms with van der Waals surface area (Å²) >= 11 is 6.20. The first-order valence-electron chi connectivity index (χ1n) is 10.1. The number of hydrogen-bond donors (Lipinski definition) is 1. The van der Waals surface area contributed by atoms with E-state index in [1.54, 1.807) is 17.1 Å². The summed E-state index contributed by atoms with van der Waals surface area (Å²) in [6.07, 6.45) is 4.11. The van der Waals surface area contributed by atoms with Crippen molar-refractivity contribution in [1.82, 2.24) is 20.1 Å². The fourth-order valence-electron chi connectivity index (χ4n) is 4.89. The normalized spacial score (nSPS) is 26.4. The van der Waals surface area contributed by atoms with E-state index in [0.717, 1.165) is 24.1 Å². The zero-order valence-corrected chi connectivity index (χ0v) is 17.0. The number of fused-ring (bicyclic) bond motifs is 1. The van der Waals surface area contributed by atoms with Gasteiger partial charge in [-0.3, -0.25) is 9.59 Å². The zero-order valence-electron chi connectivity index (χ0n) is 16.2. The Bertz CT molecular complexity index is 1100. The molecule has 3 aromatic rings. The summed E-state index contributed by atoms with van der Waals surface area (Å²) in [6, 6.07) is 14.5. The van der Waals surface area contributed by atoms with Crippen LogP contribution >= 0.6 is 11.6 Å². The Kier molecular flexibility index (Phi) is 4.97. The summed E-state index contributed by atoms with van der Waals surface area (Å²) in [7, 11) is 0. The smallest absolute Gasteiger partial charge is 0.170 e. The first-order valence-corrected chi connectivity index (χ1v) is 10.5. The van der Waals surface area contributed by atoms with Crippen LogP contribution in [0.15, 0.2) is 61.2 Å². The lowest BCUT2D eigenvalue weighted by Crippen LogP contribution is -2.48. The SMILES string of the molecule is O=C1C[C@@H](c2cccc(Cl)c2)[C@@H](n2cncn2)C(=O)[C@@H]1[C@@H]1NCCc2ccccc21. The van der Waals surface area contributed by atoms with Crippen LogP contribution in [0.5, 0.6) is 0 Å². The molecule has 0 radical (unpaired) electrons. The minimum atomic E-state index is -0.754. The molecule has 1 saturated carbocycles. The number of ketones is 2. The van der Waals surface area contributed by atoms with E-state index in [9.17, 15) is 9.59 Å². The van der Waals surface area contributed by atoms with Crippen LogP contribution < -0.4 is 5.32 Å². The highest BCUT2D eigenvalue weighted by molar-refractivity contribution is 6.30. The number of benzene rings is 2. The third-order valence-electron chi connectivity index (χ3n) is 6.23. The minimum absolute atomic E-state index is 0.0458. The number of rotatable bonds is 3. The van der Waals surface area contributed by atoms with Crippen LogP contribution in [0.4, 0.5) is 0 Å². The molecule has 7 heteroatoms. The van der Waals surface area contributed by atoms with Crippen molar-refractivity contribution in [2.45, 2.75) is 30.8 Å². The number of aromatic nitrogens is 3. The molecule has 30 heavy (non-hydrogen) atoms. The van der Waals surface area contributed by atoms with E-state index in [2.05, 4.69) is 21.5 Å². The zero-order chi connectivity index (χ0) is 20.7. The molecular weight excluding hydrogens is 400 g/mol. The molecule has 0 saturated heterocycles. The van der Waals surface area contributed by atoms with Gasteiger partial charge in [0.05, 0.1) is 5.92 Å². The minimum Gasteiger partial charge on any atom is -0.309 e. The van der Waals surface area contributed by atoms with Crippen LogP contribution in [-0.4, -0.2) is 32.9 Å². The predicted octanol–water partition coefficient (Wildman–Crippen LogP) is 3.30. The topological polar surface area (TPSA) is 76.9 Å². The number of Topliss-reactive ketones (excluding diaryl/α,β-unsaturated/α-hetero) is 2.